The maximum atomic E-state index is 5.47. The van der Waals surface area contributed by atoms with Crippen molar-refractivity contribution in [2.45, 2.75) is 25.9 Å². The van der Waals surface area contributed by atoms with E-state index in [9.17, 15) is 0 Å². The zero-order valence-corrected chi connectivity index (χ0v) is 15.9. The Kier molecular flexibility index (Phi) is 3.45. The maximum Gasteiger partial charge on any atom is 0.135 e. The second kappa shape index (κ2) is 5.76. The number of methoxy groups -OCH3 is 1. The van der Waals surface area contributed by atoms with E-state index in [2.05, 4.69) is 70.3 Å². The smallest absolute Gasteiger partial charge is 0.135 e. The number of aromatic nitrogens is 2. The fourth-order valence-corrected chi connectivity index (χ4v) is 4.11. The van der Waals surface area contributed by atoms with E-state index in [-0.39, 0.29) is 6.04 Å². The van der Waals surface area contributed by atoms with Crippen LogP contribution in [0.15, 0.2) is 47.2 Å². The Morgan fingerprint density at radius 1 is 1.22 bits per heavy atom. The molecule has 2 aliphatic rings. The summed E-state index contributed by atoms with van der Waals surface area (Å²) < 4.78 is 7.78. The maximum absolute atomic E-state index is 5.47. The molecule has 1 unspecified atom stereocenters. The Morgan fingerprint density at radius 2 is 2.07 bits per heavy atom. The molecule has 4 heterocycles. The molecule has 0 saturated carbocycles. The quantitative estimate of drug-likeness (QED) is 0.731. The highest BCUT2D eigenvalue weighted by Gasteiger charge is 2.32. The van der Waals surface area contributed by atoms with Crippen LogP contribution in [0.4, 0.5) is 5.82 Å². The van der Waals surface area contributed by atoms with Crippen LogP contribution >= 0.6 is 0 Å². The fraction of sp³-hybridized carbons (Fsp3) is 0.286. The number of ether oxygens (including phenoxy) is 1. The molecule has 0 saturated heterocycles. The van der Waals surface area contributed by atoms with Crippen molar-refractivity contribution < 1.29 is 4.74 Å². The van der Waals surface area contributed by atoms with Crippen molar-refractivity contribution in [3.05, 3.63) is 47.8 Å². The number of aliphatic imine (C=N–C) groups is 1. The van der Waals surface area contributed by atoms with Gasteiger partial charge in [-0.05, 0) is 38.1 Å². The zero-order chi connectivity index (χ0) is 18.7. The summed E-state index contributed by atoms with van der Waals surface area (Å²) in [5.41, 5.74) is 9.09. The molecular formula is C21H23N5O. The number of likely N-dealkylation sites (N-methyl/N-ethyl adjacent to an activating group) is 1. The van der Waals surface area contributed by atoms with Crippen LogP contribution in [0.25, 0.3) is 22.2 Å². The number of aromatic amines is 1. The van der Waals surface area contributed by atoms with Gasteiger partial charge in [0.05, 0.1) is 13.2 Å². The zero-order valence-electron chi connectivity index (χ0n) is 15.9. The largest absolute Gasteiger partial charge is 0.497 e. The standard InChI is InChI=1S/C21H23N5O/c1-12(2)26-11-17(15-7-14(27-4)5-6-19(15)26)18-8-16-20-13(10-23-25(20)3)9-22-21(16)24-18/h5-12,20,23-24H,1-4H3. The molecule has 2 N–H and O–H groups in total. The van der Waals surface area contributed by atoms with E-state index in [1.807, 2.05) is 18.5 Å². The van der Waals surface area contributed by atoms with Crippen LogP contribution in [0.2, 0.25) is 0 Å². The molecule has 2 aliphatic heterocycles. The first-order valence-corrected chi connectivity index (χ1v) is 9.22. The molecule has 6 heteroatoms. The first kappa shape index (κ1) is 16.2. The van der Waals surface area contributed by atoms with Gasteiger partial charge in [-0.3, -0.25) is 0 Å². The van der Waals surface area contributed by atoms with Crippen LogP contribution in [0.5, 0.6) is 5.75 Å². The molecule has 27 heavy (non-hydrogen) atoms. The summed E-state index contributed by atoms with van der Waals surface area (Å²) in [6, 6.07) is 9.06. The first-order chi connectivity index (χ1) is 13.1. The third-order valence-corrected chi connectivity index (χ3v) is 5.49. The monoisotopic (exact) mass is 361 g/mol. The third-order valence-electron chi connectivity index (χ3n) is 5.49. The van der Waals surface area contributed by atoms with E-state index in [4.69, 9.17) is 4.74 Å². The third kappa shape index (κ3) is 2.33. The van der Waals surface area contributed by atoms with Crippen molar-refractivity contribution in [3.8, 4) is 17.0 Å². The second-order valence-corrected chi connectivity index (χ2v) is 7.46. The first-order valence-electron chi connectivity index (χ1n) is 9.22. The van der Waals surface area contributed by atoms with Gasteiger partial charge in [-0.2, -0.15) is 0 Å². The molecular weight excluding hydrogens is 338 g/mol. The molecule has 2 aromatic heterocycles. The summed E-state index contributed by atoms with van der Waals surface area (Å²) in [6.07, 6.45) is 6.17. The fourth-order valence-electron chi connectivity index (χ4n) is 4.11. The molecule has 1 atom stereocenters. The predicted octanol–water partition coefficient (Wildman–Crippen LogP) is 4.32. The van der Waals surface area contributed by atoms with Gasteiger partial charge >= 0.3 is 0 Å². The lowest BCUT2D eigenvalue weighted by molar-refractivity contribution is 0.253. The van der Waals surface area contributed by atoms with Crippen molar-refractivity contribution in [2.75, 3.05) is 14.2 Å². The predicted molar refractivity (Wildman–Crippen MR) is 109 cm³/mol. The van der Waals surface area contributed by atoms with Gasteiger partial charge in [-0.1, -0.05) is 0 Å². The van der Waals surface area contributed by atoms with Crippen LogP contribution in [0.1, 0.15) is 31.5 Å². The Hall–Kier alpha value is -2.99. The molecule has 0 amide bonds. The van der Waals surface area contributed by atoms with Crippen LogP contribution in [-0.2, 0) is 0 Å². The number of fused-ring (bicyclic) bond motifs is 4. The van der Waals surface area contributed by atoms with E-state index in [0.29, 0.717) is 6.04 Å². The molecule has 6 nitrogen and oxygen atoms in total. The minimum Gasteiger partial charge on any atom is -0.497 e. The summed E-state index contributed by atoms with van der Waals surface area (Å²) in [5.74, 6) is 1.79. The van der Waals surface area contributed by atoms with E-state index >= 15 is 0 Å². The van der Waals surface area contributed by atoms with Crippen LogP contribution in [0.3, 0.4) is 0 Å². The molecule has 0 radical (unpaired) electrons. The second-order valence-electron chi connectivity index (χ2n) is 7.46. The number of nitrogens with one attached hydrogen (secondary N) is 2. The van der Waals surface area contributed by atoms with Gasteiger partial charge in [0, 0.05) is 65.0 Å². The molecule has 0 fully saturated rings. The van der Waals surface area contributed by atoms with Crippen LogP contribution in [0, 0.1) is 0 Å². The number of nitrogens with zero attached hydrogens (tertiary/aromatic N) is 3. The molecule has 3 aromatic rings. The summed E-state index contributed by atoms with van der Waals surface area (Å²) in [6.45, 7) is 4.40. The summed E-state index contributed by atoms with van der Waals surface area (Å²) in [5, 5.41) is 3.29. The number of H-pyrrole nitrogens is 1. The van der Waals surface area contributed by atoms with E-state index in [0.717, 1.165) is 17.3 Å². The van der Waals surface area contributed by atoms with Crippen molar-refractivity contribution in [1.82, 2.24) is 20.0 Å². The number of benzene rings is 1. The number of rotatable bonds is 3. The number of hydrazine groups is 1. The normalized spacial score (nSPS) is 18.6. The average molecular weight is 361 g/mol. The lowest BCUT2D eigenvalue weighted by Crippen LogP contribution is -2.29. The van der Waals surface area contributed by atoms with Gasteiger partial charge in [-0.25, -0.2) is 10.0 Å². The van der Waals surface area contributed by atoms with Crippen LogP contribution in [-0.4, -0.2) is 34.9 Å². The Morgan fingerprint density at radius 3 is 2.85 bits per heavy atom. The van der Waals surface area contributed by atoms with Gasteiger partial charge in [-0.15, -0.1) is 0 Å². The molecule has 138 valence electrons. The molecule has 5 rings (SSSR count). The van der Waals surface area contributed by atoms with Gasteiger partial charge in [0.2, 0.25) is 0 Å². The highest BCUT2D eigenvalue weighted by atomic mass is 16.5. The van der Waals surface area contributed by atoms with Crippen molar-refractivity contribution in [3.63, 3.8) is 0 Å². The van der Waals surface area contributed by atoms with Crippen molar-refractivity contribution in [1.29, 1.82) is 0 Å². The topological polar surface area (TPSA) is 57.6 Å². The lowest BCUT2D eigenvalue weighted by atomic mass is 10.00. The number of hydrogen-bond donors (Lipinski definition) is 2. The molecule has 1 aromatic carbocycles. The van der Waals surface area contributed by atoms with E-state index in [1.54, 1.807) is 7.11 Å². The minimum absolute atomic E-state index is 0.190. The van der Waals surface area contributed by atoms with Crippen molar-refractivity contribution in [2.24, 2.45) is 4.99 Å². The SMILES string of the molecule is COc1ccc2c(c1)c(-c1cc3c([nH]1)N=CC1=CNN(C)C13)cn2C(C)C. The highest BCUT2D eigenvalue weighted by molar-refractivity contribution is 5.97. The van der Waals surface area contributed by atoms with Gasteiger partial charge in [0.1, 0.15) is 11.6 Å². The van der Waals surface area contributed by atoms with Crippen LogP contribution < -0.4 is 10.2 Å². The van der Waals surface area contributed by atoms with Gasteiger partial charge < -0.3 is 19.7 Å². The van der Waals surface area contributed by atoms with E-state index in [1.165, 1.54) is 27.6 Å². The van der Waals surface area contributed by atoms with Gasteiger partial charge in [0.15, 0.2) is 0 Å². The molecule has 0 bridgehead atoms. The summed E-state index contributed by atoms with van der Waals surface area (Å²) in [4.78, 5) is 8.16. The Labute approximate surface area is 158 Å². The number of hydrogen-bond acceptors (Lipinski definition) is 4. The molecule has 0 aliphatic carbocycles. The lowest BCUT2D eigenvalue weighted by Gasteiger charge is -2.23. The minimum atomic E-state index is 0.190. The van der Waals surface area contributed by atoms with Crippen molar-refractivity contribution >= 4 is 22.9 Å². The highest BCUT2D eigenvalue weighted by Crippen LogP contribution is 2.43. The van der Waals surface area contributed by atoms with Gasteiger partial charge in [0.25, 0.3) is 0 Å². The Balaban J connectivity index is 1.70. The molecule has 0 spiro atoms. The van der Waals surface area contributed by atoms with E-state index < -0.39 is 0 Å². The average Bonchev–Trinajstić information content (AvgIpc) is 3.35. The summed E-state index contributed by atoms with van der Waals surface area (Å²) in [7, 11) is 3.76. The Bertz CT molecular complexity index is 1100. The summed E-state index contributed by atoms with van der Waals surface area (Å²) >= 11 is 0.